The van der Waals surface area contributed by atoms with Crippen molar-refractivity contribution in [3.8, 4) is 5.75 Å². The summed E-state index contributed by atoms with van der Waals surface area (Å²) < 4.78 is 42.2. The first-order valence-electron chi connectivity index (χ1n) is 8.22. The quantitative estimate of drug-likeness (QED) is 0.760. The Labute approximate surface area is 145 Å². The second kappa shape index (κ2) is 8.38. The first-order valence-corrected chi connectivity index (χ1v) is 8.22. The van der Waals surface area contributed by atoms with Crippen LogP contribution in [0.5, 0.6) is 5.75 Å². The van der Waals surface area contributed by atoms with Gasteiger partial charge in [0.15, 0.2) is 0 Å². The monoisotopic (exact) mass is 356 g/mol. The zero-order valence-electron chi connectivity index (χ0n) is 14.4. The molecule has 0 aliphatic carbocycles. The van der Waals surface area contributed by atoms with Gasteiger partial charge in [0.25, 0.3) is 5.78 Å². The van der Waals surface area contributed by atoms with Crippen LogP contribution in [0.4, 0.5) is 13.2 Å². The zero-order valence-corrected chi connectivity index (χ0v) is 14.4. The molecule has 1 atom stereocenters. The Hall–Kier alpha value is -2.02. The van der Waals surface area contributed by atoms with E-state index in [1.54, 1.807) is 7.11 Å². The molecule has 0 bridgehead atoms. The molecule has 1 aliphatic heterocycles. The number of hydrogen-bond acceptors (Lipinski definition) is 4. The van der Waals surface area contributed by atoms with Crippen molar-refractivity contribution >= 4 is 5.78 Å². The molecule has 138 valence electrons. The average Bonchev–Trinajstić information content (AvgIpc) is 3.09. The Kier molecular flexibility index (Phi) is 6.47. The molecule has 0 amide bonds. The van der Waals surface area contributed by atoms with E-state index in [0.717, 1.165) is 37.2 Å². The number of methoxy groups -OCH3 is 1. The van der Waals surface area contributed by atoms with E-state index in [1.807, 2.05) is 24.3 Å². The van der Waals surface area contributed by atoms with Crippen LogP contribution >= 0.6 is 0 Å². The molecular formula is C18H23F3N2O2. The van der Waals surface area contributed by atoms with E-state index in [0.29, 0.717) is 12.6 Å². The van der Waals surface area contributed by atoms with Gasteiger partial charge in [-0.15, -0.1) is 0 Å². The highest BCUT2D eigenvalue weighted by Crippen LogP contribution is 2.26. The number of carbonyl (C=O) groups excluding carboxylic acids is 1. The van der Waals surface area contributed by atoms with Crippen molar-refractivity contribution in [3.63, 3.8) is 0 Å². The number of allylic oxidation sites excluding steroid dienone is 2. The van der Waals surface area contributed by atoms with Gasteiger partial charge < -0.3 is 10.1 Å². The second-order valence-electron chi connectivity index (χ2n) is 6.10. The van der Waals surface area contributed by atoms with Crippen molar-refractivity contribution in [2.24, 2.45) is 0 Å². The Morgan fingerprint density at radius 2 is 1.88 bits per heavy atom. The SMILES string of the molecule is COc1ccc(C(CN/C(C)=C/C(=O)C(F)(F)F)N2CCCC2)cc1. The van der Waals surface area contributed by atoms with Gasteiger partial charge in [-0.3, -0.25) is 9.69 Å². The van der Waals surface area contributed by atoms with Crippen LogP contribution in [0.3, 0.4) is 0 Å². The number of rotatable bonds is 7. The molecule has 0 radical (unpaired) electrons. The lowest BCUT2D eigenvalue weighted by atomic mass is 10.0. The summed E-state index contributed by atoms with van der Waals surface area (Å²) in [7, 11) is 1.60. The highest BCUT2D eigenvalue weighted by atomic mass is 19.4. The van der Waals surface area contributed by atoms with Crippen LogP contribution < -0.4 is 10.1 Å². The smallest absolute Gasteiger partial charge is 0.454 e. The first-order chi connectivity index (χ1) is 11.8. The maximum absolute atomic E-state index is 12.3. The fourth-order valence-electron chi connectivity index (χ4n) is 2.92. The molecule has 1 fully saturated rings. The van der Waals surface area contributed by atoms with Crippen molar-refractivity contribution in [1.29, 1.82) is 0 Å². The molecular weight excluding hydrogens is 333 g/mol. The summed E-state index contributed by atoms with van der Waals surface area (Å²) in [5, 5.41) is 2.96. The summed E-state index contributed by atoms with van der Waals surface area (Å²) in [5.41, 5.74) is 1.27. The molecule has 1 aromatic rings. The number of carbonyl (C=O) groups is 1. The van der Waals surface area contributed by atoms with E-state index in [4.69, 9.17) is 4.74 Å². The summed E-state index contributed by atoms with van der Waals surface area (Å²) in [5.74, 6) is -1.09. The van der Waals surface area contributed by atoms with Crippen molar-refractivity contribution in [1.82, 2.24) is 10.2 Å². The lowest BCUT2D eigenvalue weighted by Gasteiger charge is -2.29. The molecule has 0 aromatic heterocycles. The number of nitrogens with one attached hydrogen (secondary N) is 1. The van der Waals surface area contributed by atoms with Gasteiger partial charge in [-0.05, 0) is 50.6 Å². The van der Waals surface area contributed by atoms with Crippen LogP contribution in [0.2, 0.25) is 0 Å². The van der Waals surface area contributed by atoms with Crippen LogP contribution in [0.25, 0.3) is 0 Å². The van der Waals surface area contributed by atoms with Crippen LogP contribution in [0.1, 0.15) is 31.4 Å². The Morgan fingerprint density at radius 1 is 1.28 bits per heavy atom. The summed E-state index contributed by atoms with van der Waals surface area (Å²) >= 11 is 0. The zero-order chi connectivity index (χ0) is 18.4. The largest absolute Gasteiger partial charge is 0.497 e. The average molecular weight is 356 g/mol. The number of halogens is 3. The minimum Gasteiger partial charge on any atom is -0.497 e. The van der Waals surface area contributed by atoms with Crippen molar-refractivity contribution in [2.75, 3.05) is 26.7 Å². The number of alkyl halides is 3. The third-order valence-corrected chi connectivity index (χ3v) is 4.28. The lowest BCUT2D eigenvalue weighted by molar-refractivity contribution is -0.165. The molecule has 1 N–H and O–H groups in total. The first kappa shape index (κ1) is 19.3. The van der Waals surface area contributed by atoms with Crippen LogP contribution in [-0.4, -0.2) is 43.6 Å². The highest BCUT2D eigenvalue weighted by Gasteiger charge is 2.36. The maximum Gasteiger partial charge on any atom is 0.454 e. The number of nitrogens with zero attached hydrogens (tertiary/aromatic N) is 1. The molecule has 1 aliphatic rings. The summed E-state index contributed by atoms with van der Waals surface area (Å²) in [6.07, 6.45) is -2.02. The van der Waals surface area contributed by atoms with Gasteiger partial charge in [0, 0.05) is 18.3 Å². The molecule has 4 nitrogen and oxygen atoms in total. The summed E-state index contributed by atoms with van der Waals surface area (Å²) in [6, 6.07) is 7.69. The van der Waals surface area contributed by atoms with Crippen molar-refractivity contribution in [3.05, 3.63) is 41.6 Å². The Bertz CT molecular complexity index is 606. The van der Waals surface area contributed by atoms with Crippen LogP contribution in [0.15, 0.2) is 36.0 Å². The maximum atomic E-state index is 12.3. The number of benzene rings is 1. The fourth-order valence-corrected chi connectivity index (χ4v) is 2.92. The van der Waals surface area contributed by atoms with Gasteiger partial charge in [-0.2, -0.15) is 13.2 Å². The molecule has 1 aromatic carbocycles. The minimum atomic E-state index is -4.84. The number of ketones is 1. The molecule has 1 saturated heterocycles. The van der Waals surface area contributed by atoms with E-state index < -0.39 is 12.0 Å². The van der Waals surface area contributed by atoms with E-state index in [2.05, 4.69) is 10.2 Å². The fraction of sp³-hybridized carbons (Fsp3) is 0.500. The third kappa shape index (κ3) is 5.49. The predicted molar refractivity (Wildman–Crippen MR) is 89.4 cm³/mol. The number of ether oxygens (including phenoxy) is 1. The predicted octanol–water partition coefficient (Wildman–Crippen LogP) is 3.46. The second-order valence-corrected chi connectivity index (χ2v) is 6.10. The normalized spacial score (nSPS) is 17.4. The van der Waals surface area contributed by atoms with Gasteiger partial charge in [0.05, 0.1) is 13.2 Å². The minimum absolute atomic E-state index is 0.0257. The van der Waals surface area contributed by atoms with Crippen molar-refractivity contribution in [2.45, 2.75) is 32.0 Å². The van der Waals surface area contributed by atoms with E-state index in [9.17, 15) is 18.0 Å². The van der Waals surface area contributed by atoms with Crippen LogP contribution in [0, 0.1) is 0 Å². The Balaban J connectivity index is 2.08. The van der Waals surface area contributed by atoms with E-state index in [-0.39, 0.29) is 11.7 Å². The van der Waals surface area contributed by atoms with Crippen LogP contribution in [-0.2, 0) is 4.79 Å². The molecule has 0 spiro atoms. The van der Waals surface area contributed by atoms with Gasteiger partial charge in [0.2, 0.25) is 0 Å². The number of likely N-dealkylation sites (tertiary alicyclic amines) is 1. The molecule has 25 heavy (non-hydrogen) atoms. The van der Waals surface area contributed by atoms with Crippen molar-refractivity contribution < 1.29 is 22.7 Å². The van der Waals surface area contributed by atoms with E-state index in [1.165, 1.54) is 6.92 Å². The molecule has 1 unspecified atom stereocenters. The summed E-state index contributed by atoms with van der Waals surface area (Å²) in [4.78, 5) is 13.3. The van der Waals surface area contributed by atoms with Gasteiger partial charge in [0.1, 0.15) is 5.75 Å². The standard InChI is InChI=1S/C18H23F3N2O2/c1-13(11-17(24)18(19,20)21)22-12-16(23-9-3-4-10-23)14-5-7-15(25-2)8-6-14/h5-8,11,16,22H,3-4,9-10,12H2,1-2H3/b13-11+. The highest BCUT2D eigenvalue weighted by molar-refractivity contribution is 5.94. The molecule has 0 saturated carbocycles. The van der Waals surface area contributed by atoms with E-state index >= 15 is 0 Å². The molecule has 7 heteroatoms. The Morgan fingerprint density at radius 3 is 2.40 bits per heavy atom. The molecule has 2 rings (SSSR count). The summed E-state index contributed by atoms with van der Waals surface area (Å²) in [6.45, 7) is 3.80. The van der Waals surface area contributed by atoms with Gasteiger partial charge in [-0.1, -0.05) is 12.1 Å². The number of hydrogen-bond donors (Lipinski definition) is 1. The lowest BCUT2D eigenvalue weighted by Crippen LogP contribution is -2.34. The topological polar surface area (TPSA) is 41.6 Å². The van der Waals surface area contributed by atoms with Gasteiger partial charge in [-0.25, -0.2) is 0 Å². The third-order valence-electron chi connectivity index (χ3n) is 4.28. The molecule has 1 heterocycles. The van der Waals surface area contributed by atoms with Gasteiger partial charge >= 0.3 is 6.18 Å².